The van der Waals surface area contributed by atoms with Crippen molar-refractivity contribution in [1.82, 2.24) is 0 Å². The molecule has 0 aliphatic heterocycles. The summed E-state index contributed by atoms with van der Waals surface area (Å²) in [6.45, 7) is 6.49. The molecule has 2 unspecified atom stereocenters. The maximum atomic E-state index is 12.9. The molecule has 1 saturated carbocycles. The second-order valence-electron chi connectivity index (χ2n) is 11.6. The van der Waals surface area contributed by atoms with E-state index in [0.717, 1.165) is 49.7 Å². The van der Waals surface area contributed by atoms with Gasteiger partial charge in [-0.15, -0.1) is 0 Å². The van der Waals surface area contributed by atoms with Crippen LogP contribution in [0, 0.1) is 17.8 Å². The number of hydrogen-bond acceptors (Lipinski definition) is 4. The summed E-state index contributed by atoms with van der Waals surface area (Å²) < 4.78 is 24.0. The summed E-state index contributed by atoms with van der Waals surface area (Å²) in [5.74, 6) is 1.10. The second-order valence-corrected chi connectivity index (χ2v) is 13.3. The van der Waals surface area contributed by atoms with E-state index in [1.54, 1.807) is 30.3 Å². The van der Waals surface area contributed by atoms with Crippen molar-refractivity contribution in [3.63, 3.8) is 0 Å². The van der Waals surface area contributed by atoms with Crippen LogP contribution in [0.15, 0.2) is 72.8 Å². The minimum Gasteiger partial charge on any atom is -0.289 e. The Kier molecular flexibility index (Phi) is 10.3. The summed E-state index contributed by atoms with van der Waals surface area (Å²) >= 11 is 0. The van der Waals surface area contributed by atoms with Gasteiger partial charge in [-0.3, -0.25) is 9.59 Å². The van der Waals surface area contributed by atoms with Crippen LogP contribution in [-0.4, -0.2) is 25.2 Å². The number of fused-ring (bicyclic) bond motifs is 2. The van der Waals surface area contributed by atoms with Gasteiger partial charge in [-0.2, -0.15) is 0 Å². The molecule has 2 aliphatic carbocycles. The van der Waals surface area contributed by atoms with E-state index in [1.165, 1.54) is 12.8 Å². The maximum absolute atomic E-state index is 12.9. The van der Waals surface area contributed by atoms with Crippen molar-refractivity contribution in [2.75, 3.05) is 0 Å². The van der Waals surface area contributed by atoms with Crippen LogP contribution in [0.1, 0.15) is 104 Å². The summed E-state index contributed by atoms with van der Waals surface area (Å²) in [5.41, 5.74) is 3.74. The normalized spacial score (nSPS) is 21.9. The predicted octanol–water partition coefficient (Wildman–Crippen LogP) is 7.82. The third-order valence-corrected chi connectivity index (χ3v) is 10.2. The molecule has 0 spiro atoms. The summed E-state index contributed by atoms with van der Waals surface area (Å²) in [5, 5.41) is 5.25. The molecule has 3 aromatic rings. The highest BCUT2D eigenvalue weighted by Gasteiger charge is 2.42. The van der Waals surface area contributed by atoms with Gasteiger partial charge in [-0.25, -0.2) is 13.6 Å². The molecule has 0 saturated heterocycles. The Morgan fingerprint density at radius 3 is 1.66 bits per heavy atom. The Balaban J connectivity index is 0.000000192. The molecule has 2 N–H and O–H groups in total. The minimum atomic E-state index is -3.41. The molecule has 0 amide bonds. The van der Waals surface area contributed by atoms with Crippen molar-refractivity contribution >= 4 is 21.6 Å². The Labute approximate surface area is 245 Å². The van der Waals surface area contributed by atoms with Crippen molar-refractivity contribution in [2.45, 2.75) is 77.4 Å². The van der Waals surface area contributed by atoms with Crippen LogP contribution in [0.2, 0.25) is 0 Å². The second kappa shape index (κ2) is 13.7. The molecular formula is C35H43NO4S. The Morgan fingerprint density at radius 1 is 0.634 bits per heavy atom. The van der Waals surface area contributed by atoms with E-state index in [-0.39, 0.29) is 28.7 Å². The molecule has 6 heteroatoms. The zero-order valence-electron chi connectivity index (χ0n) is 24.5. The first-order valence-electron chi connectivity index (χ1n) is 15.1. The van der Waals surface area contributed by atoms with Crippen molar-refractivity contribution in [2.24, 2.45) is 22.9 Å². The molecule has 0 radical (unpaired) electrons. The first kappa shape index (κ1) is 30.9. The number of benzene rings is 3. The largest absolute Gasteiger partial charge is 0.289 e. The number of nitrogens with two attached hydrogens (primary N) is 1. The third-order valence-electron chi connectivity index (χ3n) is 8.63. The number of carbonyl (C=O) groups excluding carboxylic acids is 2. The van der Waals surface area contributed by atoms with E-state index < -0.39 is 10.0 Å². The fourth-order valence-corrected chi connectivity index (χ4v) is 8.66. The minimum absolute atomic E-state index is 0.0790. The molecule has 1 fully saturated rings. The zero-order valence-corrected chi connectivity index (χ0v) is 25.3. The van der Waals surface area contributed by atoms with Gasteiger partial charge in [0.1, 0.15) is 0 Å². The molecule has 0 aromatic heterocycles. The van der Waals surface area contributed by atoms with Gasteiger partial charge >= 0.3 is 0 Å². The first-order chi connectivity index (χ1) is 19.7. The van der Waals surface area contributed by atoms with Crippen molar-refractivity contribution in [1.29, 1.82) is 0 Å². The summed E-state index contributed by atoms with van der Waals surface area (Å²) in [6, 6.07) is 22.2. The van der Waals surface area contributed by atoms with Gasteiger partial charge in [0.25, 0.3) is 0 Å². The van der Waals surface area contributed by atoms with Crippen LogP contribution in [0.5, 0.6) is 0 Å². The maximum Gasteiger partial charge on any atom is 0.212 e. The molecule has 218 valence electrons. The standard InChI is InChI=1S/C20H12O2.C15H31NO2S/c21-19-15-9-4-5-10-16(15)20(22)18-14(11-6-12-17(18)19)13-7-2-1-3-8-13;1-4-7-12-10-13(8-5-2)15(19(16,17)18)14(11-12)9-6-3/h1-12H;12-15H,4-11H2,1-3H3,(H2,16,17,18). The molecule has 0 bridgehead atoms. The molecule has 5 nitrogen and oxygen atoms in total. The topological polar surface area (TPSA) is 94.3 Å². The summed E-state index contributed by atoms with van der Waals surface area (Å²) in [7, 11) is -3.41. The van der Waals surface area contributed by atoms with E-state index in [0.29, 0.717) is 28.2 Å². The molecule has 3 aromatic carbocycles. The van der Waals surface area contributed by atoms with Crippen LogP contribution in [0.4, 0.5) is 0 Å². The fraction of sp³-hybridized carbons (Fsp3) is 0.429. The van der Waals surface area contributed by atoms with Gasteiger partial charge < -0.3 is 0 Å². The number of ketones is 2. The Hall–Kier alpha value is -3.09. The Morgan fingerprint density at radius 2 is 1.12 bits per heavy atom. The van der Waals surface area contributed by atoms with Gasteiger partial charge in [0.05, 0.1) is 5.25 Å². The highest BCUT2D eigenvalue weighted by molar-refractivity contribution is 7.89. The average molecular weight is 574 g/mol. The highest BCUT2D eigenvalue weighted by Crippen LogP contribution is 2.42. The third kappa shape index (κ3) is 6.87. The van der Waals surface area contributed by atoms with Gasteiger partial charge in [-0.05, 0) is 54.6 Å². The number of rotatable bonds is 8. The average Bonchev–Trinajstić information content (AvgIpc) is 2.96. The van der Waals surface area contributed by atoms with Crippen molar-refractivity contribution in [3.8, 4) is 11.1 Å². The lowest BCUT2D eigenvalue weighted by molar-refractivity contribution is 0.0979. The van der Waals surface area contributed by atoms with E-state index >= 15 is 0 Å². The first-order valence-corrected chi connectivity index (χ1v) is 16.7. The lowest BCUT2D eigenvalue weighted by atomic mass is 9.70. The van der Waals surface area contributed by atoms with Crippen LogP contribution in [0.3, 0.4) is 0 Å². The highest BCUT2D eigenvalue weighted by atomic mass is 32.2. The van der Waals surface area contributed by atoms with Gasteiger partial charge in [-0.1, -0.05) is 119 Å². The van der Waals surface area contributed by atoms with Crippen LogP contribution in [-0.2, 0) is 10.0 Å². The van der Waals surface area contributed by atoms with E-state index in [1.807, 2.05) is 42.5 Å². The fourth-order valence-electron chi connectivity index (χ4n) is 7.10. The van der Waals surface area contributed by atoms with E-state index in [4.69, 9.17) is 5.14 Å². The van der Waals surface area contributed by atoms with Gasteiger partial charge in [0.15, 0.2) is 11.6 Å². The number of carbonyl (C=O) groups is 2. The molecule has 0 heterocycles. The zero-order chi connectivity index (χ0) is 29.6. The molecular weight excluding hydrogens is 530 g/mol. The lowest BCUT2D eigenvalue weighted by Crippen LogP contribution is -2.45. The summed E-state index contributed by atoms with van der Waals surface area (Å²) in [6.07, 6.45) is 8.65. The molecule has 2 atom stereocenters. The molecule has 5 rings (SSSR count). The van der Waals surface area contributed by atoms with Gasteiger partial charge in [0, 0.05) is 22.3 Å². The number of primary sulfonamides is 1. The van der Waals surface area contributed by atoms with E-state index in [2.05, 4.69) is 20.8 Å². The smallest absolute Gasteiger partial charge is 0.212 e. The van der Waals surface area contributed by atoms with Crippen molar-refractivity contribution < 1.29 is 18.0 Å². The van der Waals surface area contributed by atoms with Crippen molar-refractivity contribution in [3.05, 3.63) is 95.1 Å². The monoisotopic (exact) mass is 573 g/mol. The molecule has 2 aliphatic rings. The Bertz CT molecular complexity index is 1450. The van der Waals surface area contributed by atoms with Crippen LogP contribution >= 0.6 is 0 Å². The lowest BCUT2D eigenvalue weighted by Gasteiger charge is -2.41. The van der Waals surface area contributed by atoms with Gasteiger partial charge in [0.2, 0.25) is 10.0 Å². The van der Waals surface area contributed by atoms with Crippen LogP contribution in [0.25, 0.3) is 11.1 Å². The number of hydrogen-bond donors (Lipinski definition) is 1. The number of sulfonamides is 1. The predicted molar refractivity (Wildman–Crippen MR) is 167 cm³/mol. The molecule has 41 heavy (non-hydrogen) atoms. The van der Waals surface area contributed by atoms with E-state index in [9.17, 15) is 18.0 Å². The quantitative estimate of drug-likeness (QED) is 0.233. The SMILES string of the molecule is CCCC1CC(CCC)C(S(N)(=O)=O)C(CCC)C1.O=C1c2ccccc2C(=O)c2c1cccc2-c1ccccc1. The summed E-state index contributed by atoms with van der Waals surface area (Å²) in [4.78, 5) is 25.6. The van der Waals surface area contributed by atoms with Crippen LogP contribution < -0.4 is 5.14 Å².